The highest BCUT2D eigenvalue weighted by molar-refractivity contribution is 8.00. The van der Waals surface area contributed by atoms with Crippen molar-refractivity contribution in [3.8, 4) is 0 Å². The van der Waals surface area contributed by atoms with Gasteiger partial charge in [-0.2, -0.15) is 0 Å². The van der Waals surface area contributed by atoms with Crippen molar-refractivity contribution in [2.75, 3.05) is 16.4 Å². The number of hydrogen-bond acceptors (Lipinski definition) is 3. The van der Waals surface area contributed by atoms with Gasteiger partial charge in [-0.1, -0.05) is 30.3 Å². The van der Waals surface area contributed by atoms with Crippen molar-refractivity contribution in [1.82, 2.24) is 0 Å². The zero-order chi connectivity index (χ0) is 19.8. The molecule has 5 heteroatoms. The number of carbonyl (C=O) groups excluding carboxylic acids is 2. The summed E-state index contributed by atoms with van der Waals surface area (Å²) in [6.07, 6.45) is 1.19. The van der Waals surface area contributed by atoms with Crippen LogP contribution in [0.5, 0.6) is 0 Å². The largest absolute Gasteiger partial charge is 0.326 e. The second kappa shape index (κ2) is 10.2. The van der Waals surface area contributed by atoms with Crippen LogP contribution in [0.15, 0.2) is 42.5 Å². The van der Waals surface area contributed by atoms with Crippen LogP contribution in [0.25, 0.3) is 0 Å². The van der Waals surface area contributed by atoms with Gasteiger partial charge < -0.3 is 10.6 Å². The summed E-state index contributed by atoms with van der Waals surface area (Å²) in [5.74, 6) is 0.776. The quantitative estimate of drug-likeness (QED) is 0.623. The summed E-state index contributed by atoms with van der Waals surface area (Å²) < 4.78 is 0. The van der Waals surface area contributed by atoms with Crippen molar-refractivity contribution in [3.05, 3.63) is 59.2 Å². The zero-order valence-corrected chi connectivity index (χ0v) is 17.3. The minimum atomic E-state index is -0.160. The first-order valence-electron chi connectivity index (χ1n) is 9.22. The van der Waals surface area contributed by atoms with Gasteiger partial charge in [0.2, 0.25) is 11.8 Å². The monoisotopic (exact) mass is 384 g/mol. The van der Waals surface area contributed by atoms with Crippen LogP contribution in [-0.2, 0) is 9.59 Å². The molecule has 0 spiro atoms. The summed E-state index contributed by atoms with van der Waals surface area (Å²) in [6.45, 7) is 7.88. The van der Waals surface area contributed by atoms with Crippen LogP contribution in [0, 0.1) is 20.8 Å². The average molecular weight is 385 g/mol. The fourth-order valence-electron chi connectivity index (χ4n) is 2.75. The van der Waals surface area contributed by atoms with E-state index in [1.165, 1.54) is 0 Å². The second-order valence-electron chi connectivity index (χ2n) is 6.79. The third kappa shape index (κ3) is 6.75. The summed E-state index contributed by atoms with van der Waals surface area (Å²) >= 11 is 1.57. The van der Waals surface area contributed by atoms with E-state index in [2.05, 4.69) is 10.6 Å². The van der Waals surface area contributed by atoms with Gasteiger partial charge in [0.1, 0.15) is 0 Å². The maximum Gasteiger partial charge on any atom is 0.237 e. The fourth-order valence-corrected chi connectivity index (χ4v) is 3.62. The number of rotatable bonds is 8. The van der Waals surface area contributed by atoms with Crippen LogP contribution in [0.3, 0.4) is 0 Å². The molecule has 0 bridgehead atoms. The van der Waals surface area contributed by atoms with Crippen LogP contribution < -0.4 is 10.6 Å². The van der Waals surface area contributed by atoms with Crippen LogP contribution in [0.2, 0.25) is 0 Å². The number of hydrogen-bond donors (Lipinski definition) is 2. The Labute approximate surface area is 166 Å². The van der Waals surface area contributed by atoms with Crippen molar-refractivity contribution in [3.63, 3.8) is 0 Å². The lowest BCUT2D eigenvalue weighted by Gasteiger charge is -2.13. The topological polar surface area (TPSA) is 58.2 Å². The first kappa shape index (κ1) is 21.0. The van der Waals surface area contributed by atoms with Crippen molar-refractivity contribution in [2.24, 2.45) is 0 Å². The van der Waals surface area contributed by atoms with E-state index < -0.39 is 0 Å². The fraction of sp³-hybridized carbons (Fsp3) is 0.364. The molecule has 0 aliphatic rings. The smallest absolute Gasteiger partial charge is 0.237 e. The Balaban J connectivity index is 1.71. The molecule has 144 valence electrons. The van der Waals surface area contributed by atoms with Gasteiger partial charge in [-0.05, 0) is 68.7 Å². The number of benzene rings is 2. The van der Waals surface area contributed by atoms with Gasteiger partial charge in [-0.15, -0.1) is 11.8 Å². The van der Waals surface area contributed by atoms with Gasteiger partial charge in [0.25, 0.3) is 0 Å². The molecular formula is C22H28N2O2S. The third-order valence-corrected chi connectivity index (χ3v) is 5.55. The normalized spacial score (nSPS) is 11.7. The molecule has 2 aromatic carbocycles. The Morgan fingerprint density at radius 3 is 2.33 bits per heavy atom. The number of thioether (sulfide) groups is 1. The minimum absolute atomic E-state index is 0.00872. The minimum Gasteiger partial charge on any atom is -0.326 e. The second-order valence-corrected chi connectivity index (χ2v) is 8.24. The molecule has 0 saturated heterocycles. The maximum atomic E-state index is 12.3. The number of para-hydroxylation sites is 1. The van der Waals surface area contributed by atoms with Crippen molar-refractivity contribution < 1.29 is 9.59 Å². The van der Waals surface area contributed by atoms with E-state index in [-0.39, 0.29) is 17.1 Å². The number of nitrogens with one attached hydrogen (secondary N) is 2. The highest BCUT2D eigenvalue weighted by atomic mass is 32.2. The van der Waals surface area contributed by atoms with Crippen LogP contribution in [-0.4, -0.2) is 22.8 Å². The molecule has 0 saturated carbocycles. The standard InChI is InChI=1S/C22H28N2O2S/c1-15-8-5-11-19(14-15)23-22(26)18(4)27-13-7-12-20(25)24-21-16(2)9-6-10-17(21)3/h5-6,8-11,14,18H,7,12-13H2,1-4H3,(H,23,26)(H,24,25). The van der Waals surface area contributed by atoms with E-state index in [1.807, 2.05) is 70.2 Å². The molecule has 0 radical (unpaired) electrons. The molecule has 27 heavy (non-hydrogen) atoms. The summed E-state index contributed by atoms with van der Waals surface area (Å²) in [7, 11) is 0. The predicted molar refractivity (Wildman–Crippen MR) is 116 cm³/mol. The van der Waals surface area contributed by atoms with E-state index in [9.17, 15) is 9.59 Å². The summed E-state index contributed by atoms with van der Waals surface area (Å²) in [5.41, 5.74) is 4.97. The molecule has 0 fully saturated rings. The number of amides is 2. The molecule has 4 nitrogen and oxygen atoms in total. The Kier molecular flexibility index (Phi) is 7.92. The van der Waals surface area contributed by atoms with Crippen molar-refractivity contribution >= 4 is 35.0 Å². The molecule has 2 amide bonds. The Morgan fingerprint density at radius 2 is 1.67 bits per heavy atom. The summed E-state index contributed by atoms with van der Waals surface area (Å²) in [5, 5.41) is 5.78. The lowest BCUT2D eigenvalue weighted by molar-refractivity contribution is -0.116. The highest BCUT2D eigenvalue weighted by Gasteiger charge is 2.14. The first-order valence-corrected chi connectivity index (χ1v) is 10.3. The van der Waals surface area contributed by atoms with Gasteiger partial charge in [-0.25, -0.2) is 0 Å². The Bertz CT molecular complexity index is 784. The van der Waals surface area contributed by atoms with Gasteiger partial charge in [0.05, 0.1) is 5.25 Å². The summed E-state index contributed by atoms with van der Waals surface area (Å²) in [4.78, 5) is 24.4. The Morgan fingerprint density at radius 1 is 1.00 bits per heavy atom. The molecule has 2 rings (SSSR count). The molecule has 0 aliphatic heterocycles. The van der Waals surface area contributed by atoms with Crippen LogP contribution in [0.1, 0.15) is 36.5 Å². The number of carbonyl (C=O) groups is 2. The SMILES string of the molecule is Cc1cccc(NC(=O)C(C)SCCCC(=O)Nc2c(C)cccc2C)c1. The number of anilines is 2. The molecule has 2 N–H and O–H groups in total. The van der Waals surface area contributed by atoms with Gasteiger partial charge >= 0.3 is 0 Å². The van der Waals surface area contributed by atoms with Crippen LogP contribution in [0.4, 0.5) is 11.4 Å². The van der Waals surface area contributed by atoms with E-state index in [0.717, 1.165) is 40.2 Å². The van der Waals surface area contributed by atoms with Gasteiger partial charge in [0.15, 0.2) is 0 Å². The van der Waals surface area contributed by atoms with Crippen molar-refractivity contribution in [1.29, 1.82) is 0 Å². The Hall–Kier alpha value is -2.27. The van der Waals surface area contributed by atoms with E-state index in [4.69, 9.17) is 0 Å². The van der Waals surface area contributed by atoms with Gasteiger partial charge in [0, 0.05) is 17.8 Å². The molecule has 0 heterocycles. The lowest BCUT2D eigenvalue weighted by Crippen LogP contribution is -2.23. The van der Waals surface area contributed by atoms with Crippen molar-refractivity contribution in [2.45, 2.75) is 45.8 Å². The highest BCUT2D eigenvalue weighted by Crippen LogP contribution is 2.20. The first-order chi connectivity index (χ1) is 12.9. The van der Waals surface area contributed by atoms with Gasteiger partial charge in [-0.3, -0.25) is 9.59 Å². The molecular weight excluding hydrogens is 356 g/mol. The maximum absolute atomic E-state index is 12.3. The number of aryl methyl sites for hydroxylation is 3. The molecule has 0 aliphatic carbocycles. The molecule has 1 atom stereocenters. The van der Waals surface area contributed by atoms with E-state index in [0.29, 0.717) is 6.42 Å². The van der Waals surface area contributed by atoms with E-state index >= 15 is 0 Å². The molecule has 0 aromatic heterocycles. The van der Waals surface area contributed by atoms with Crippen LogP contribution >= 0.6 is 11.8 Å². The predicted octanol–water partition coefficient (Wildman–Crippen LogP) is 5.09. The molecule has 2 aromatic rings. The summed E-state index contributed by atoms with van der Waals surface area (Å²) in [6, 6.07) is 13.7. The third-order valence-electron chi connectivity index (χ3n) is 4.32. The molecule has 1 unspecified atom stereocenters. The average Bonchev–Trinajstić information content (AvgIpc) is 2.62. The van der Waals surface area contributed by atoms with E-state index in [1.54, 1.807) is 11.8 Å². The lowest BCUT2D eigenvalue weighted by atomic mass is 10.1. The zero-order valence-electron chi connectivity index (χ0n) is 16.5.